The van der Waals surface area contributed by atoms with Crippen molar-refractivity contribution < 1.29 is 4.79 Å². The van der Waals surface area contributed by atoms with Crippen LogP contribution in [0.1, 0.15) is 27.9 Å². The number of carbonyl (C=O) groups excluding carboxylic acids is 1. The lowest BCUT2D eigenvalue weighted by molar-refractivity contribution is 0.0951. The summed E-state index contributed by atoms with van der Waals surface area (Å²) in [5.41, 5.74) is 3.15. The summed E-state index contributed by atoms with van der Waals surface area (Å²) < 4.78 is 0. The second kappa shape index (κ2) is 9.03. The Morgan fingerprint density at radius 1 is 1.24 bits per heavy atom. The number of aryl methyl sites for hydroxylation is 2. The molecule has 5 heteroatoms. The minimum Gasteiger partial charge on any atom is -0.352 e. The Kier molecular flexibility index (Phi) is 7.72. The van der Waals surface area contributed by atoms with E-state index in [9.17, 15) is 4.79 Å². The predicted octanol–water partition coefficient (Wildman–Crippen LogP) is 1.75. The van der Waals surface area contributed by atoms with Crippen LogP contribution in [-0.4, -0.2) is 50.1 Å². The monoisotopic (exact) mass is 311 g/mol. The van der Waals surface area contributed by atoms with Gasteiger partial charge in [-0.1, -0.05) is 6.07 Å². The van der Waals surface area contributed by atoms with Crippen LogP contribution in [0, 0.1) is 13.8 Å². The summed E-state index contributed by atoms with van der Waals surface area (Å²) >= 11 is 0. The fraction of sp³-hybridized carbons (Fsp3) is 0.562. The smallest absolute Gasteiger partial charge is 0.251 e. The summed E-state index contributed by atoms with van der Waals surface area (Å²) in [6.45, 7) is 10.3. The van der Waals surface area contributed by atoms with E-state index in [-0.39, 0.29) is 18.3 Å². The first kappa shape index (κ1) is 18.0. The summed E-state index contributed by atoms with van der Waals surface area (Å²) in [7, 11) is 0. The highest BCUT2D eigenvalue weighted by atomic mass is 35.5. The number of carbonyl (C=O) groups is 1. The molecule has 1 aromatic carbocycles. The maximum atomic E-state index is 12.0. The Hall–Kier alpha value is -1.10. The van der Waals surface area contributed by atoms with Crippen molar-refractivity contribution in [3.63, 3.8) is 0 Å². The average molecular weight is 312 g/mol. The maximum absolute atomic E-state index is 12.0. The van der Waals surface area contributed by atoms with E-state index in [2.05, 4.69) is 22.5 Å². The van der Waals surface area contributed by atoms with Gasteiger partial charge in [0.05, 0.1) is 0 Å². The molecule has 1 aliphatic heterocycles. The highest BCUT2D eigenvalue weighted by molar-refractivity contribution is 5.94. The molecular weight excluding hydrogens is 286 g/mol. The van der Waals surface area contributed by atoms with Gasteiger partial charge >= 0.3 is 0 Å². The summed E-state index contributed by atoms with van der Waals surface area (Å²) in [5, 5.41) is 6.35. The molecule has 0 saturated carbocycles. The summed E-state index contributed by atoms with van der Waals surface area (Å²) in [6, 6.07) is 5.86. The molecule has 2 rings (SSSR count). The molecule has 21 heavy (non-hydrogen) atoms. The van der Waals surface area contributed by atoms with Gasteiger partial charge in [-0.15, -0.1) is 12.4 Å². The molecule has 1 saturated heterocycles. The number of amides is 1. The van der Waals surface area contributed by atoms with Gasteiger partial charge in [-0.05, 0) is 50.1 Å². The molecule has 118 valence electrons. The number of hydrogen-bond acceptors (Lipinski definition) is 3. The number of piperazine rings is 1. The molecule has 0 bridgehead atoms. The van der Waals surface area contributed by atoms with E-state index in [0.717, 1.165) is 51.3 Å². The van der Waals surface area contributed by atoms with Crippen molar-refractivity contribution in [2.75, 3.05) is 39.3 Å². The van der Waals surface area contributed by atoms with E-state index in [0.29, 0.717) is 0 Å². The topological polar surface area (TPSA) is 44.4 Å². The second-order valence-corrected chi connectivity index (χ2v) is 5.50. The van der Waals surface area contributed by atoms with Gasteiger partial charge in [0.15, 0.2) is 0 Å². The van der Waals surface area contributed by atoms with Crippen LogP contribution in [0.15, 0.2) is 18.2 Å². The minimum absolute atomic E-state index is 0. The zero-order valence-corrected chi connectivity index (χ0v) is 13.8. The Bertz CT molecular complexity index is 459. The second-order valence-electron chi connectivity index (χ2n) is 5.50. The van der Waals surface area contributed by atoms with Crippen molar-refractivity contribution in [1.29, 1.82) is 0 Å². The van der Waals surface area contributed by atoms with Gasteiger partial charge in [0.1, 0.15) is 0 Å². The van der Waals surface area contributed by atoms with Crippen LogP contribution in [0.4, 0.5) is 0 Å². The summed E-state index contributed by atoms with van der Waals surface area (Å²) in [4.78, 5) is 14.5. The number of benzene rings is 1. The van der Waals surface area contributed by atoms with Crippen molar-refractivity contribution in [3.05, 3.63) is 34.9 Å². The van der Waals surface area contributed by atoms with E-state index < -0.39 is 0 Å². The highest BCUT2D eigenvalue weighted by Crippen LogP contribution is 2.09. The van der Waals surface area contributed by atoms with Gasteiger partial charge in [0.2, 0.25) is 0 Å². The van der Waals surface area contributed by atoms with Crippen molar-refractivity contribution in [1.82, 2.24) is 15.5 Å². The lowest BCUT2D eigenvalue weighted by Gasteiger charge is -2.27. The zero-order chi connectivity index (χ0) is 14.4. The third-order valence-corrected chi connectivity index (χ3v) is 3.92. The first-order chi connectivity index (χ1) is 9.66. The Morgan fingerprint density at radius 3 is 2.62 bits per heavy atom. The average Bonchev–Trinajstić information content (AvgIpc) is 2.47. The van der Waals surface area contributed by atoms with Crippen LogP contribution in [-0.2, 0) is 0 Å². The van der Waals surface area contributed by atoms with Crippen LogP contribution < -0.4 is 10.6 Å². The number of halogens is 1. The van der Waals surface area contributed by atoms with E-state index in [4.69, 9.17) is 0 Å². The van der Waals surface area contributed by atoms with Crippen LogP contribution in [0.5, 0.6) is 0 Å². The minimum atomic E-state index is 0. The molecule has 0 aliphatic carbocycles. The first-order valence-electron chi connectivity index (χ1n) is 7.45. The van der Waals surface area contributed by atoms with Crippen LogP contribution >= 0.6 is 12.4 Å². The normalized spacial score (nSPS) is 15.3. The third kappa shape index (κ3) is 5.65. The molecule has 1 heterocycles. The SMILES string of the molecule is Cc1ccc(C(=O)NCCCN2CCNCC2)cc1C.Cl. The van der Waals surface area contributed by atoms with Gasteiger partial charge in [0, 0.05) is 38.3 Å². The van der Waals surface area contributed by atoms with E-state index in [1.807, 2.05) is 25.1 Å². The Balaban J connectivity index is 0.00000220. The van der Waals surface area contributed by atoms with Gasteiger partial charge in [-0.2, -0.15) is 0 Å². The molecule has 1 aromatic rings. The zero-order valence-electron chi connectivity index (χ0n) is 12.9. The van der Waals surface area contributed by atoms with Crippen molar-refractivity contribution in [2.24, 2.45) is 0 Å². The van der Waals surface area contributed by atoms with Crippen molar-refractivity contribution in [2.45, 2.75) is 20.3 Å². The number of rotatable bonds is 5. The van der Waals surface area contributed by atoms with Crippen molar-refractivity contribution >= 4 is 18.3 Å². The predicted molar refractivity (Wildman–Crippen MR) is 89.4 cm³/mol. The van der Waals surface area contributed by atoms with Gasteiger partial charge in [0.25, 0.3) is 5.91 Å². The molecule has 0 radical (unpaired) electrons. The molecule has 0 unspecified atom stereocenters. The van der Waals surface area contributed by atoms with Crippen molar-refractivity contribution in [3.8, 4) is 0 Å². The highest BCUT2D eigenvalue weighted by Gasteiger charge is 2.09. The number of nitrogens with zero attached hydrogens (tertiary/aromatic N) is 1. The van der Waals surface area contributed by atoms with E-state index >= 15 is 0 Å². The molecule has 1 aliphatic rings. The standard InChI is InChI=1S/C16H25N3O.ClH/c1-13-4-5-15(12-14(13)2)16(20)18-6-3-9-19-10-7-17-8-11-19;/h4-5,12,17H,3,6-11H2,1-2H3,(H,18,20);1H. The fourth-order valence-electron chi connectivity index (χ4n) is 2.42. The van der Waals surface area contributed by atoms with Crippen LogP contribution in [0.2, 0.25) is 0 Å². The fourth-order valence-corrected chi connectivity index (χ4v) is 2.42. The molecule has 0 aromatic heterocycles. The lowest BCUT2D eigenvalue weighted by atomic mass is 10.1. The van der Waals surface area contributed by atoms with E-state index in [1.54, 1.807) is 0 Å². The molecule has 4 nitrogen and oxygen atoms in total. The molecular formula is C16H26ClN3O. The Morgan fingerprint density at radius 2 is 1.95 bits per heavy atom. The van der Waals surface area contributed by atoms with E-state index in [1.165, 1.54) is 11.1 Å². The van der Waals surface area contributed by atoms with Gasteiger partial charge in [-0.3, -0.25) is 4.79 Å². The molecule has 0 spiro atoms. The first-order valence-corrected chi connectivity index (χ1v) is 7.45. The number of hydrogen-bond donors (Lipinski definition) is 2. The Labute approximate surface area is 133 Å². The van der Waals surface area contributed by atoms with Crippen LogP contribution in [0.3, 0.4) is 0 Å². The largest absolute Gasteiger partial charge is 0.352 e. The summed E-state index contributed by atoms with van der Waals surface area (Å²) in [5.74, 6) is 0.0356. The van der Waals surface area contributed by atoms with Gasteiger partial charge in [-0.25, -0.2) is 0 Å². The molecule has 1 amide bonds. The summed E-state index contributed by atoms with van der Waals surface area (Å²) in [6.07, 6.45) is 1.01. The number of nitrogens with one attached hydrogen (secondary N) is 2. The lowest BCUT2D eigenvalue weighted by Crippen LogP contribution is -2.44. The quantitative estimate of drug-likeness (QED) is 0.814. The van der Waals surface area contributed by atoms with Crippen LogP contribution in [0.25, 0.3) is 0 Å². The molecule has 0 atom stereocenters. The molecule has 1 fully saturated rings. The maximum Gasteiger partial charge on any atom is 0.251 e. The third-order valence-electron chi connectivity index (χ3n) is 3.92. The molecule has 2 N–H and O–H groups in total. The van der Waals surface area contributed by atoms with Gasteiger partial charge < -0.3 is 15.5 Å².